The van der Waals surface area contributed by atoms with Crippen LogP contribution in [-0.4, -0.2) is 116 Å². The van der Waals surface area contributed by atoms with Crippen LogP contribution in [0.25, 0.3) is 10.4 Å². The van der Waals surface area contributed by atoms with E-state index in [-0.39, 0.29) is 55.7 Å². The average molecular weight is 945 g/mol. The van der Waals surface area contributed by atoms with Gasteiger partial charge in [-0.05, 0) is 56.9 Å². The van der Waals surface area contributed by atoms with Gasteiger partial charge < -0.3 is 42.7 Å². The Bertz CT molecular complexity index is 2000. The van der Waals surface area contributed by atoms with Gasteiger partial charge in [0.05, 0.1) is 17.3 Å². The number of carboxylic acids is 1. The molecule has 2 fully saturated rings. The van der Waals surface area contributed by atoms with Gasteiger partial charge >= 0.3 is 12.0 Å². The third-order valence-electron chi connectivity index (χ3n) is 9.92. The largest absolute Gasteiger partial charge is 0.480 e. The van der Waals surface area contributed by atoms with Gasteiger partial charge in [0, 0.05) is 41.8 Å². The van der Waals surface area contributed by atoms with Crippen LogP contribution in [0.4, 0.5) is 28.0 Å². The van der Waals surface area contributed by atoms with Crippen molar-refractivity contribution in [3.8, 4) is 0 Å². The van der Waals surface area contributed by atoms with Crippen LogP contribution in [0.5, 0.6) is 0 Å². The average Bonchev–Trinajstić information content (AvgIpc) is 3.77. The predicted molar refractivity (Wildman–Crippen MR) is 215 cm³/mol. The third-order valence-corrected chi connectivity index (χ3v) is 13.7. The smallest absolute Gasteiger partial charge is 0.320 e. The van der Waals surface area contributed by atoms with Gasteiger partial charge in [0.25, 0.3) is 5.91 Å². The van der Waals surface area contributed by atoms with Crippen molar-refractivity contribution in [2.24, 2.45) is 10.8 Å². The highest BCUT2D eigenvalue weighted by Gasteiger charge is 2.42. The zero-order valence-electron chi connectivity index (χ0n) is 32.9. The van der Waals surface area contributed by atoms with Crippen molar-refractivity contribution < 1.29 is 68.3 Å². The molecule has 0 spiro atoms. The summed E-state index contributed by atoms with van der Waals surface area (Å²) in [6.45, 7) is 0.429. The second-order valence-electron chi connectivity index (χ2n) is 14.3. The van der Waals surface area contributed by atoms with Crippen molar-refractivity contribution in [1.29, 1.82) is 0 Å². The number of carboxylic acid groups (broad SMARTS) is 1. The number of carbonyl (C=O) groups excluding carboxylic acids is 5. The molecule has 346 valence electrons. The van der Waals surface area contributed by atoms with E-state index >= 15 is 0 Å². The minimum absolute atomic E-state index is 0.00474. The number of urea groups is 1. The highest BCUT2D eigenvalue weighted by Crippen LogP contribution is 2.33. The first-order chi connectivity index (χ1) is 29.4. The fourth-order valence-corrected chi connectivity index (χ4v) is 10.2. The number of unbranched alkanes of at least 4 members (excludes halogenated alkanes) is 4. The van der Waals surface area contributed by atoms with Gasteiger partial charge in [-0.1, -0.05) is 18.0 Å². The van der Waals surface area contributed by atoms with Crippen LogP contribution in [-0.2, 0) is 40.6 Å². The number of hydrogen-bond donors (Lipinski definition) is 10. The van der Waals surface area contributed by atoms with Gasteiger partial charge in [0.2, 0.25) is 17.7 Å². The number of benzene rings is 1. The highest BCUT2D eigenvalue weighted by molar-refractivity contribution is 8.00. The number of amides is 6. The molecule has 2 aliphatic rings. The SMILES string of the molecule is [N-]=[N+]=Nc1c(F)c(F)c(C(=O)NC(CCCCNC(=O)CCCCCNC(=O)CCCCC2SCC3NC(=O)NC32)C(=O)NC(C(CC(N)C(=O)O)[SH](=O)=O)[SH](=O)=O)c(F)c1F. The second kappa shape index (κ2) is 25.3. The number of hydrogen-bond acceptors (Lipinski definition) is 13. The maximum absolute atomic E-state index is 14.8. The van der Waals surface area contributed by atoms with Crippen LogP contribution in [0.3, 0.4) is 0 Å². The molecule has 0 aromatic heterocycles. The summed E-state index contributed by atoms with van der Waals surface area (Å²) in [6, 6.07) is -3.75. The minimum atomic E-state index is -3.89. The van der Waals surface area contributed by atoms with Gasteiger partial charge in [-0.15, -0.1) is 0 Å². The van der Waals surface area contributed by atoms with Crippen molar-refractivity contribution >= 4 is 74.5 Å². The second-order valence-corrected chi connectivity index (χ2v) is 18.0. The summed E-state index contributed by atoms with van der Waals surface area (Å²) in [5.74, 6) is -13.8. The number of carbonyl (C=O) groups is 6. The molecular formula is C34H48F4N10O11S3. The van der Waals surface area contributed by atoms with Gasteiger partial charge in [-0.2, -0.15) is 11.8 Å². The molecule has 2 saturated heterocycles. The van der Waals surface area contributed by atoms with E-state index in [0.29, 0.717) is 43.9 Å². The molecule has 7 unspecified atom stereocenters. The number of nitrogens with zero attached hydrogens (tertiary/aromatic N) is 3. The summed E-state index contributed by atoms with van der Waals surface area (Å²) in [5.41, 5.74) is 10.2. The molecule has 2 aliphatic heterocycles. The number of nitrogens with two attached hydrogens (primary N) is 1. The molecule has 7 atom stereocenters. The molecule has 6 amide bonds. The van der Waals surface area contributed by atoms with E-state index in [1.165, 1.54) is 0 Å². The van der Waals surface area contributed by atoms with Gasteiger partial charge in [0.15, 0.2) is 34.0 Å². The first kappa shape index (κ1) is 51.4. The summed E-state index contributed by atoms with van der Waals surface area (Å²) in [4.78, 5) is 75.7. The van der Waals surface area contributed by atoms with Crippen LogP contribution < -0.4 is 37.6 Å². The number of aliphatic carboxylic acids is 1. The number of halogens is 4. The number of fused-ring (bicyclic) bond motifs is 1. The molecular weight excluding hydrogens is 897 g/mol. The van der Waals surface area contributed by atoms with Crippen LogP contribution in [0.2, 0.25) is 0 Å². The molecule has 0 bridgehead atoms. The van der Waals surface area contributed by atoms with E-state index in [0.717, 1.165) is 18.6 Å². The molecule has 1 aromatic carbocycles. The fourth-order valence-electron chi connectivity index (χ4n) is 6.65. The van der Waals surface area contributed by atoms with Crippen molar-refractivity contribution in [2.45, 2.75) is 117 Å². The van der Waals surface area contributed by atoms with E-state index in [1.807, 2.05) is 27.3 Å². The molecule has 0 saturated carbocycles. The third kappa shape index (κ3) is 15.2. The predicted octanol–water partition coefficient (Wildman–Crippen LogP) is 0.808. The Morgan fingerprint density at radius 3 is 2.02 bits per heavy atom. The number of rotatable bonds is 27. The lowest BCUT2D eigenvalue weighted by Crippen LogP contribution is -2.54. The molecule has 9 N–H and O–H groups in total. The number of thioether (sulfide) groups is 1. The van der Waals surface area contributed by atoms with E-state index in [9.17, 15) is 63.2 Å². The highest BCUT2D eigenvalue weighted by atomic mass is 32.2. The van der Waals surface area contributed by atoms with Crippen LogP contribution >= 0.6 is 11.8 Å². The van der Waals surface area contributed by atoms with E-state index in [4.69, 9.17) is 16.4 Å². The van der Waals surface area contributed by atoms with E-state index in [2.05, 4.69) is 26.4 Å². The first-order valence-corrected chi connectivity index (χ1v) is 22.9. The van der Waals surface area contributed by atoms with Gasteiger partial charge in [-0.25, -0.2) is 39.2 Å². The summed E-state index contributed by atoms with van der Waals surface area (Å²) in [5, 5.41) is 22.4. The Hall–Kier alpha value is -4.92. The zero-order chi connectivity index (χ0) is 46.1. The van der Waals surface area contributed by atoms with Crippen molar-refractivity contribution in [3.63, 3.8) is 0 Å². The maximum Gasteiger partial charge on any atom is 0.320 e. The fraction of sp³-hybridized carbons (Fsp3) is 0.647. The van der Waals surface area contributed by atoms with E-state index in [1.54, 1.807) is 0 Å². The Morgan fingerprint density at radius 1 is 0.855 bits per heavy atom. The Labute approximate surface area is 359 Å². The maximum atomic E-state index is 14.8. The normalized spacial score (nSPS) is 18.7. The van der Waals surface area contributed by atoms with Crippen molar-refractivity contribution in [3.05, 3.63) is 39.3 Å². The molecule has 0 radical (unpaired) electrons. The van der Waals surface area contributed by atoms with Gasteiger partial charge in [-0.3, -0.25) is 24.0 Å². The molecule has 3 rings (SSSR count). The number of nitrogens with one attached hydrogen (secondary N) is 6. The molecule has 1 aromatic rings. The quantitative estimate of drug-likeness (QED) is 0.00855. The molecule has 21 nitrogen and oxygen atoms in total. The summed E-state index contributed by atoms with van der Waals surface area (Å²) in [7, 11) is -7.66. The monoisotopic (exact) mass is 944 g/mol. The molecule has 2 heterocycles. The molecule has 28 heteroatoms. The summed E-state index contributed by atoms with van der Waals surface area (Å²) < 4.78 is 106. The first-order valence-electron chi connectivity index (χ1n) is 19.4. The lowest BCUT2D eigenvalue weighted by Gasteiger charge is -2.24. The van der Waals surface area contributed by atoms with Gasteiger partial charge in [0.1, 0.15) is 39.4 Å². The van der Waals surface area contributed by atoms with Crippen LogP contribution in [0, 0.1) is 23.3 Å². The van der Waals surface area contributed by atoms with E-state index < -0.39 is 109 Å². The summed E-state index contributed by atoms with van der Waals surface area (Å²) >= 11 is 1.81. The lowest BCUT2D eigenvalue weighted by atomic mass is 10.0. The van der Waals surface area contributed by atoms with Crippen molar-refractivity contribution in [2.75, 3.05) is 18.8 Å². The Balaban J connectivity index is 1.49. The number of thiol groups is 2. The summed E-state index contributed by atoms with van der Waals surface area (Å²) in [6.07, 6.45) is 3.19. The minimum Gasteiger partial charge on any atom is -0.480 e. The standard InChI is InChI=1S/C34H48F4N10O11S3/c35-24-23(25(36)27(38)29(26(24)37)47-48-40)31(52)43-17(30(51)46-32(62(58)59)20(61(56)57)14-16(39)33(53)54)8-5-7-13-42-21(49)10-2-1-6-12-41-22(50)11-4-3-9-19-28-18(15-60-19)44-34(55)45-28/h16-20,28,32,61-62H,1-15,39H2,(H,41,50)(H,42,49)(H,43,52)(H,46,51)(H,53,54)(H2,44,45,55). The molecule has 0 aliphatic carbocycles. The van der Waals surface area contributed by atoms with Crippen LogP contribution in [0.15, 0.2) is 5.11 Å². The Morgan fingerprint density at radius 2 is 1.45 bits per heavy atom. The van der Waals surface area contributed by atoms with Crippen LogP contribution in [0.1, 0.15) is 87.4 Å². The van der Waals surface area contributed by atoms with Crippen molar-refractivity contribution in [1.82, 2.24) is 31.9 Å². The topological polar surface area (TPSA) is 338 Å². The lowest BCUT2D eigenvalue weighted by molar-refractivity contribution is -0.138. The zero-order valence-corrected chi connectivity index (χ0v) is 35.5. The number of azide groups is 1. The Kier molecular flexibility index (Phi) is 20.9. The molecule has 62 heavy (non-hydrogen) atoms.